The molecule has 0 aliphatic rings. The summed E-state index contributed by atoms with van der Waals surface area (Å²) in [6, 6.07) is 5.14. The van der Waals surface area contributed by atoms with E-state index in [4.69, 9.17) is 11.6 Å². The molecule has 0 radical (unpaired) electrons. The third kappa shape index (κ3) is 5.66. The van der Waals surface area contributed by atoms with E-state index in [9.17, 15) is 9.59 Å². The molecule has 0 heterocycles. The Morgan fingerprint density at radius 3 is 2.41 bits per heavy atom. The topological polar surface area (TPSA) is 49.4 Å². The molecule has 2 amide bonds. The van der Waals surface area contributed by atoms with Crippen molar-refractivity contribution in [3.63, 3.8) is 0 Å². The van der Waals surface area contributed by atoms with Gasteiger partial charge in [0.1, 0.15) is 5.57 Å². The molecule has 120 valence electrons. The second-order valence-electron chi connectivity index (χ2n) is 4.07. The number of benzene rings is 1. The standard InChI is InChI=1S/C14H14BrClN2O2.C2H6/c1-4-6-9(14(20)18(2)3)13(19)17-11-8-5-7-10(15)12(11)16;1-2/h4-8H,1H2,2-3H3,(H,17,19);1-2H3/b9-6-;. The van der Waals surface area contributed by atoms with E-state index >= 15 is 0 Å². The summed E-state index contributed by atoms with van der Waals surface area (Å²) in [4.78, 5) is 25.4. The van der Waals surface area contributed by atoms with Gasteiger partial charge < -0.3 is 10.2 Å². The molecule has 0 aliphatic heterocycles. The molecule has 6 heteroatoms. The van der Waals surface area contributed by atoms with Crippen molar-refractivity contribution in [2.24, 2.45) is 0 Å². The fourth-order valence-corrected chi connectivity index (χ4v) is 1.93. The molecule has 1 rings (SSSR count). The second kappa shape index (κ2) is 10.2. The van der Waals surface area contributed by atoms with Crippen LogP contribution in [0.1, 0.15) is 13.8 Å². The molecule has 1 N–H and O–H groups in total. The number of anilines is 1. The Kier molecular flexibility index (Phi) is 9.45. The molecule has 22 heavy (non-hydrogen) atoms. The molecule has 0 atom stereocenters. The van der Waals surface area contributed by atoms with Gasteiger partial charge >= 0.3 is 0 Å². The van der Waals surface area contributed by atoms with Crippen LogP contribution in [-0.2, 0) is 9.59 Å². The molecule has 1 aromatic rings. The number of carbonyl (C=O) groups is 2. The van der Waals surface area contributed by atoms with Crippen LogP contribution >= 0.6 is 27.5 Å². The van der Waals surface area contributed by atoms with Gasteiger partial charge in [-0.25, -0.2) is 0 Å². The zero-order chi connectivity index (χ0) is 17.3. The Balaban J connectivity index is 0.00000211. The molecular weight excluding hydrogens is 368 g/mol. The number of hydrogen-bond acceptors (Lipinski definition) is 2. The Morgan fingerprint density at radius 2 is 1.91 bits per heavy atom. The van der Waals surface area contributed by atoms with Crippen molar-refractivity contribution >= 4 is 45.0 Å². The van der Waals surface area contributed by atoms with Gasteiger partial charge in [0, 0.05) is 18.6 Å². The predicted octanol–water partition coefficient (Wildman–Crippen LogP) is 4.27. The summed E-state index contributed by atoms with van der Waals surface area (Å²) in [6.07, 6.45) is 2.75. The van der Waals surface area contributed by atoms with Gasteiger partial charge in [-0.15, -0.1) is 0 Å². The van der Waals surface area contributed by atoms with Gasteiger partial charge in [-0.05, 0) is 34.1 Å². The number of hydrogen-bond donors (Lipinski definition) is 1. The van der Waals surface area contributed by atoms with Crippen molar-refractivity contribution in [1.29, 1.82) is 0 Å². The summed E-state index contributed by atoms with van der Waals surface area (Å²) < 4.78 is 0.658. The Hall–Kier alpha value is -1.59. The molecule has 0 bridgehead atoms. The number of amides is 2. The fourth-order valence-electron chi connectivity index (χ4n) is 1.39. The minimum Gasteiger partial charge on any atom is -0.345 e. The van der Waals surface area contributed by atoms with Gasteiger partial charge in [-0.1, -0.05) is 44.2 Å². The number of likely N-dealkylation sites (N-methyl/N-ethyl adjacent to an activating group) is 1. The Bertz CT molecular complexity index is 584. The molecular formula is C16H20BrClN2O2. The number of halogens is 2. The summed E-state index contributed by atoms with van der Waals surface area (Å²) in [6.45, 7) is 7.50. The van der Waals surface area contributed by atoms with Crippen LogP contribution in [0.4, 0.5) is 5.69 Å². The summed E-state index contributed by atoms with van der Waals surface area (Å²) in [7, 11) is 3.14. The predicted molar refractivity (Wildman–Crippen MR) is 96.1 cm³/mol. The van der Waals surface area contributed by atoms with Gasteiger partial charge in [-0.3, -0.25) is 9.59 Å². The number of allylic oxidation sites excluding steroid dienone is 2. The van der Waals surface area contributed by atoms with E-state index in [1.54, 1.807) is 32.3 Å². The van der Waals surface area contributed by atoms with E-state index < -0.39 is 11.8 Å². The van der Waals surface area contributed by atoms with E-state index in [2.05, 4.69) is 27.8 Å². The lowest BCUT2D eigenvalue weighted by Crippen LogP contribution is -2.30. The smallest absolute Gasteiger partial charge is 0.261 e. The van der Waals surface area contributed by atoms with Crippen molar-refractivity contribution < 1.29 is 9.59 Å². The molecule has 0 saturated carbocycles. The highest BCUT2D eigenvalue weighted by molar-refractivity contribution is 9.10. The van der Waals surface area contributed by atoms with Crippen LogP contribution in [0, 0.1) is 0 Å². The maximum absolute atomic E-state index is 12.2. The zero-order valence-electron chi connectivity index (χ0n) is 13.1. The van der Waals surface area contributed by atoms with Crippen LogP contribution in [0.3, 0.4) is 0 Å². The molecule has 0 unspecified atom stereocenters. The van der Waals surface area contributed by atoms with E-state index in [-0.39, 0.29) is 5.57 Å². The van der Waals surface area contributed by atoms with Crippen molar-refractivity contribution in [3.8, 4) is 0 Å². The maximum atomic E-state index is 12.2. The number of rotatable bonds is 4. The highest BCUT2D eigenvalue weighted by Gasteiger charge is 2.20. The second-order valence-corrected chi connectivity index (χ2v) is 5.30. The van der Waals surface area contributed by atoms with Gasteiger partial charge in [0.15, 0.2) is 0 Å². The highest BCUT2D eigenvalue weighted by atomic mass is 79.9. The summed E-state index contributed by atoms with van der Waals surface area (Å²) in [5, 5.41) is 2.98. The molecule has 4 nitrogen and oxygen atoms in total. The average molecular weight is 388 g/mol. The molecule has 0 aliphatic carbocycles. The zero-order valence-corrected chi connectivity index (χ0v) is 15.5. The molecule has 1 aromatic carbocycles. The third-order valence-corrected chi connectivity index (χ3v) is 3.66. The first-order valence-electron chi connectivity index (χ1n) is 6.68. The van der Waals surface area contributed by atoms with Crippen LogP contribution in [0.5, 0.6) is 0 Å². The highest BCUT2D eigenvalue weighted by Crippen LogP contribution is 2.30. The van der Waals surface area contributed by atoms with Crippen molar-refractivity contribution in [3.05, 3.63) is 52.0 Å². The van der Waals surface area contributed by atoms with Crippen molar-refractivity contribution in [2.75, 3.05) is 19.4 Å². The van der Waals surface area contributed by atoms with E-state index in [1.165, 1.54) is 17.1 Å². The van der Waals surface area contributed by atoms with Gasteiger partial charge in [0.25, 0.3) is 11.8 Å². The number of nitrogens with one attached hydrogen (secondary N) is 1. The SMILES string of the molecule is C=C/C=C(/C(=O)Nc1cccc(Br)c1Cl)C(=O)N(C)C.CC. The van der Waals surface area contributed by atoms with E-state index in [1.807, 2.05) is 13.8 Å². The lowest BCUT2D eigenvalue weighted by Gasteiger charge is -2.14. The largest absolute Gasteiger partial charge is 0.345 e. The van der Waals surface area contributed by atoms with E-state index in [0.29, 0.717) is 15.2 Å². The molecule has 0 aromatic heterocycles. The first-order valence-corrected chi connectivity index (χ1v) is 7.85. The number of nitrogens with zero attached hydrogens (tertiary/aromatic N) is 1. The van der Waals surface area contributed by atoms with Crippen LogP contribution in [0.15, 0.2) is 47.0 Å². The minimum atomic E-state index is -0.538. The lowest BCUT2D eigenvalue weighted by atomic mass is 10.2. The quantitative estimate of drug-likeness (QED) is 0.363. The Labute approximate surface area is 145 Å². The minimum absolute atomic E-state index is 0.0129. The maximum Gasteiger partial charge on any atom is 0.261 e. The van der Waals surface area contributed by atoms with Crippen molar-refractivity contribution in [1.82, 2.24) is 4.90 Å². The van der Waals surface area contributed by atoms with Crippen LogP contribution in [-0.4, -0.2) is 30.8 Å². The monoisotopic (exact) mass is 386 g/mol. The van der Waals surface area contributed by atoms with E-state index in [0.717, 1.165) is 0 Å². The van der Waals surface area contributed by atoms with Crippen molar-refractivity contribution in [2.45, 2.75) is 13.8 Å². The summed E-state index contributed by atoms with van der Waals surface area (Å²) in [5.41, 5.74) is 0.411. The third-order valence-electron chi connectivity index (χ3n) is 2.37. The average Bonchev–Trinajstić information content (AvgIpc) is 2.50. The fraction of sp³-hybridized carbons (Fsp3) is 0.250. The Morgan fingerprint density at radius 1 is 1.32 bits per heavy atom. The lowest BCUT2D eigenvalue weighted by molar-refractivity contribution is -0.127. The van der Waals surface area contributed by atoms with Crippen LogP contribution < -0.4 is 5.32 Å². The van der Waals surface area contributed by atoms with Crippen LogP contribution in [0.2, 0.25) is 5.02 Å². The van der Waals surface area contributed by atoms with Gasteiger partial charge in [0.2, 0.25) is 0 Å². The normalized spacial score (nSPS) is 10.2. The molecule has 0 fully saturated rings. The van der Waals surface area contributed by atoms with Crippen LogP contribution in [0.25, 0.3) is 0 Å². The first kappa shape index (κ1) is 20.4. The summed E-state index contributed by atoms with van der Waals surface area (Å²) in [5.74, 6) is -0.947. The van der Waals surface area contributed by atoms with Gasteiger partial charge in [0.05, 0.1) is 10.7 Å². The number of carbonyl (C=O) groups excluding carboxylic acids is 2. The summed E-state index contributed by atoms with van der Waals surface area (Å²) >= 11 is 9.33. The molecule has 0 saturated heterocycles. The van der Waals surface area contributed by atoms with Gasteiger partial charge in [-0.2, -0.15) is 0 Å². The first-order chi connectivity index (χ1) is 10.4. The molecule has 0 spiro atoms.